The number of ether oxygens (including phenoxy) is 1. The van der Waals surface area contributed by atoms with Crippen LogP contribution in [0, 0.1) is 0 Å². The summed E-state index contributed by atoms with van der Waals surface area (Å²) in [6.45, 7) is 0.365. The van der Waals surface area contributed by atoms with E-state index >= 15 is 0 Å². The van der Waals surface area contributed by atoms with Gasteiger partial charge in [-0.3, -0.25) is 0 Å². The van der Waals surface area contributed by atoms with Crippen molar-refractivity contribution in [3.05, 3.63) is 72.6 Å². The predicted octanol–water partition coefficient (Wildman–Crippen LogP) is 2.35. The minimum Gasteiger partial charge on any atom is -0.492 e. The highest BCUT2D eigenvalue weighted by atomic mass is 16.5. The van der Waals surface area contributed by atoms with E-state index in [-0.39, 0.29) is 6.04 Å². The average molecular weight is 280 g/mol. The van der Waals surface area contributed by atoms with E-state index in [4.69, 9.17) is 10.5 Å². The van der Waals surface area contributed by atoms with E-state index in [0.717, 1.165) is 17.1 Å². The Hall–Kier alpha value is -2.66. The summed E-state index contributed by atoms with van der Waals surface area (Å²) in [7, 11) is 0. The molecule has 0 saturated carbocycles. The third-order valence-corrected chi connectivity index (χ3v) is 3.13. The van der Waals surface area contributed by atoms with Gasteiger partial charge in [-0.1, -0.05) is 41.6 Å². The van der Waals surface area contributed by atoms with Crippen LogP contribution in [0.1, 0.15) is 11.7 Å². The maximum Gasteiger partial charge on any atom is 0.119 e. The molecule has 0 spiro atoms. The number of nitrogens with zero attached hydrogens (tertiary/aromatic N) is 3. The monoisotopic (exact) mass is 280 g/mol. The van der Waals surface area contributed by atoms with E-state index < -0.39 is 0 Å². The van der Waals surface area contributed by atoms with Gasteiger partial charge in [0, 0.05) is 0 Å². The Balaban J connectivity index is 1.74. The highest BCUT2D eigenvalue weighted by molar-refractivity contribution is 5.32. The number of aromatic nitrogens is 3. The van der Waals surface area contributed by atoms with E-state index in [1.165, 1.54) is 0 Å². The molecule has 21 heavy (non-hydrogen) atoms. The maximum absolute atomic E-state index is 6.20. The Labute approximate surface area is 123 Å². The van der Waals surface area contributed by atoms with Crippen LogP contribution in [0.5, 0.6) is 5.75 Å². The summed E-state index contributed by atoms with van der Waals surface area (Å²) >= 11 is 0. The van der Waals surface area contributed by atoms with Gasteiger partial charge in [0.1, 0.15) is 12.4 Å². The van der Waals surface area contributed by atoms with Crippen molar-refractivity contribution in [2.75, 3.05) is 6.61 Å². The number of nitrogens with two attached hydrogens (primary N) is 1. The average Bonchev–Trinajstić information content (AvgIpc) is 3.04. The van der Waals surface area contributed by atoms with E-state index in [2.05, 4.69) is 10.3 Å². The molecule has 0 fully saturated rings. The van der Waals surface area contributed by atoms with Crippen molar-refractivity contribution < 1.29 is 4.74 Å². The van der Waals surface area contributed by atoms with E-state index in [1.807, 2.05) is 60.7 Å². The molecule has 0 saturated heterocycles. The molecule has 1 heterocycles. The molecule has 0 aliphatic carbocycles. The van der Waals surface area contributed by atoms with Gasteiger partial charge in [-0.05, 0) is 24.3 Å². The van der Waals surface area contributed by atoms with Gasteiger partial charge >= 0.3 is 0 Å². The van der Waals surface area contributed by atoms with Crippen LogP contribution in [0.2, 0.25) is 0 Å². The van der Waals surface area contributed by atoms with Crippen molar-refractivity contribution in [1.29, 1.82) is 0 Å². The first-order chi connectivity index (χ1) is 10.3. The van der Waals surface area contributed by atoms with Crippen LogP contribution in [0.25, 0.3) is 5.69 Å². The van der Waals surface area contributed by atoms with Crippen LogP contribution in [0.3, 0.4) is 0 Å². The minimum atomic E-state index is -0.305. The number of para-hydroxylation sites is 2. The fraction of sp³-hybridized carbons (Fsp3) is 0.125. The topological polar surface area (TPSA) is 66.0 Å². The van der Waals surface area contributed by atoms with Gasteiger partial charge in [-0.15, -0.1) is 5.10 Å². The molecular formula is C16H16N4O. The SMILES string of the molecule is NC(COc1ccccc1)c1cnnn1-c1ccccc1. The van der Waals surface area contributed by atoms with Crippen molar-refractivity contribution in [2.45, 2.75) is 6.04 Å². The first kappa shape index (κ1) is 13.3. The molecule has 5 heteroatoms. The normalized spacial score (nSPS) is 12.0. The van der Waals surface area contributed by atoms with Gasteiger partial charge in [0.05, 0.1) is 23.6 Å². The fourth-order valence-electron chi connectivity index (χ4n) is 2.05. The Morgan fingerprint density at radius 3 is 2.38 bits per heavy atom. The smallest absolute Gasteiger partial charge is 0.119 e. The molecule has 0 amide bonds. The molecule has 0 bridgehead atoms. The van der Waals surface area contributed by atoms with Crippen LogP contribution in [-0.4, -0.2) is 21.6 Å². The van der Waals surface area contributed by atoms with Crippen LogP contribution in [0.15, 0.2) is 66.9 Å². The fourth-order valence-corrected chi connectivity index (χ4v) is 2.05. The lowest BCUT2D eigenvalue weighted by atomic mass is 10.2. The number of rotatable bonds is 5. The highest BCUT2D eigenvalue weighted by Gasteiger charge is 2.14. The number of benzene rings is 2. The maximum atomic E-state index is 6.20. The van der Waals surface area contributed by atoms with Crippen molar-refractivity contribution in [2.24, 2.45) is 5.73 Å². The third-order valence-electron chi connectivity index (χ3n) is 3.13. The van der Waals surface area contributed by atoms with Crippen LogP contribution >= 0.6 is 0 Å². The molecule has 2 aromatic carbocycles. The van der Waals surface area contributed by atoms with Crippen molar-refractivity contribution >= 4 is 0 Å². The lowest BCUT2D eigenvalue weighted by molar-refractivity contribution is 0.286. The van der Waals surface area contributed by atoms with Crippen LogP contribution < -0.4 is 10.5 Å². The molecule has 5 nitrogen and oxygen atoms in total. The Bertz CT molecular complexity index is 682. The zero-order valence-electron chi connectivity index (χ0n) is 11.5. The van der Waals surface area contributed by atoms with Crippen molar-refractivity contribution in [1.82, 2.24) is 15.0 Å². The molecule has 1 aromatic heterocycles. The lowest BCUT2D eigenvalue weighted by Gasteiger charge is -2.14. The molecular weight excluding hydrogens is 264 g/mol. The molecule has 3 aromatic rings. The standard InChI is InChI=1S/C16H16N4O/c17-15(12-21-14-9-5-2-6-10-14)16-11-18-19-20(16)13-7-3-1-4-8-13/h1-11,15H,12,17H2. The van der Waals surface area contributed by atoms with Gasteiger partial charge in [0.15, 0.2) is 0 Å². The summed E-state index contributed by atoms with van der Waals surface area (Å²) < 4.78 is 7.42. The second-order valence-corrected chi connectivity index (χ2v) is 4.64. The van der Waals surface area contributed by atoms with Gasteiger partial charge in [0.2, 0.25) is 0 Å². The molecule has 106 valence electrons. The first-order valence-corrected chi connectivity index (χ1v) is 6.74. The Morgan fingerprint density at radius 2 is 1.67 bits per heavy atom. The zero-order chi connectivity index (χ0) is 14.5. The molecule has 0 aliphatic heterocycles. The zero-order valence-corrected chi connectivity index (χ0v) is 11.5. The van der Waals surface area contributed by atoms with E-state index in [1.54, 1.807) is 10.9 Å². The number of hydrogen-bond acceptors (Lipinski definition) is 4. The minimum absolute atomic E-state index is 0.305. The van der Waals surface area contributed by atoms with Crippen LogP contribution in [0.4, 0.5) is 0 Å². The van der Waals surface area contributed by atoms with E-state index in [0.29, 0.717) is 6.61 Å². The van der Waals surface area contributed by atoms with Gasteiger partial charge in [0.25, 0.3) is 0 Å². The van der Waals surface area contributed by atoms with Gasteiger partial charge in [-0.2, -0.15) is 0 Å². The molecule has 0 radical (unpaired) electrons. The van der Waals surface area contributed by atoms with Crippen molar-refractivity contribution in [3.63, 3.8) is 0 Å². The second-order valence-electron chi connectivity index (χ2n) is 4.64. The molecule has 2 N–H and O–H groups in total. The highest BCUT2D eigenvalue weighted by Crippen LogP contribution is 2.16. The Kier molecular flexibility index (Phi) is 3.93. The summed E-state index contributed by atoms with van der Waals surface area (Å²) in [5.74, 6) is 0.798. The van der Waals surface area contributed by atoms with Gasteiger partial charge < -0.3 is 10.5 Å². The molecule has 0 aliphatic rings. The van der Waals surface area contributed by atoms with Gasteiger partial charge in [-0.25, -0.2) is 4.68 Å². The summed E-state index contributed by atoms with van der Waals surface area (Å²) in [6, 6.07) is 19.1. The second kappa shape index (κ2) is 6.19. The summed E-state index contributed by atoms with van der Waals surface area (Å²) in [5.41, 5.74) is 7.95. The van der Waals surface area contributed by atoms with Crippen LogP contribution in [-0.2, 0) is 0 Å². The van der Waals surface area contributed by atoms with E-state index in [9.17, 15) is 0 Å². The van der Waals surface area contributed by atoms with Crippen molar-refractivity contribution in [3.8, 4) is 11.4 Å². The molecule has 1 unspecified atom stereocenters. The summed E-state index contributed by atoms with van der Waals surface area (Å²) in [6.07, 6.45) is 1.67. The summed E-state index contributed by atoms with van der Waals surface area (Å²) in [4.78, 5) is 0. The third kappa shape index (κ3) is 3.09. The lowest BCUT2D eigenvalue weighted by Crippen LogP contribution is -2.22. The largest absolute Gasteiger partial charge is 0.492 e. The predicted molar refractivity (Wildman–Crippen MR) is 80.2 cm³/mol. The summed E-state index contributed by atoms with van der Waals surface area (Å²) in [5, 5.41) is 8.05. The number of hydrogen-bond donors (Lipinski definition) is 1. The molecule has 3 rings (SSSR count). The quantitative estimate of drug-likeness (QED) is 0.779. The Morgan fingerprint density at radius 1 is 1.00 bits per heavy atom. The molecule has 1 atom stereocenters. The first-order valence-electron chi connectivity index (χ1n) is 6.74.